The topological polar surface area (TPSA) is 34.1 Å². The van der Waals surface area contributed by atoms with Crippen LogP contribution in [-0.4, -0.2) is 12.1 Å². The van der Waals surface area contributed by atoms with Gasteiger partial charge in [0.05, 0.1) is 29.5 Å². The number of hydrogen-bond acceptors (Lipinski definition) is 3. The zero-order chi connectivity index (χ0) is 13.8. The Morgan fingerprint density at radius 3 is 2.63 bits per heavy atom. The molecule has 100 valence electrons. The van der Waals surface area contributed by atoms with Crippen LogP contribution in [0.15, 0.2) is 39.4 Å². The summed E-state index contributed by atoms with van der Waals surface area (Å²) in [6, 6.07) is 7.99. The number of benzene rings is 1. The number of nitrogens with one attached hydrogen (secondary N) is 1. The Morgan fingerprint density at radius 1 is 1.21 bits per heavy atom. The summed E-state index contributed by atoms with van der Waals surface area (Å²) in [5.74, 6) is 0.794. The van der Waals surface area contributed by atoms with Crippen molar-refractivity contribution < 1.29 is 4.74 Å². The van der Waals surface area contributed by atoms with E-state index in [9.17, 15) is 0 Å². The van der Waals surface area contributed by atoms with Gasteiger partial charge in [0.2, 0.25) is 0 Å². The zero-order valence-electron chi connectivity index (χ0n) is 10.7. The van der Waals surface area contributed by atoms with Crippen molar-refractivity contribution in [2.24, 2.45) is 0 Å². The maximum absolute atomic E-state index is 5.29. The molecule has 0 amide bonds. The second-order valence-electron chi connectivity index (χ2n) is 4.15. The van der Waals surface area contributed by atoms with Crippen molar-refractivity contribution in [2.45, 2.75) is 13.5 Å². The lowest BCUT2D eigenvalue weighted by Gasteiger charge is -2.11. The number of rotatable bonds is 4. The number of nitrogens with zero attached hydrogens (tertiary/aromatic N) is 1. The third kappa shape index (κ3) is 3.70. The molecule has 0 saturated carbocycles. The molecule has 0 aliphatic carbocycles. The van der Waals surface area contributed by atoms with Crippen molar-refractivity contribution in [1.82, 2.24) is 4.98 Å². The molecule has 0 unspecified atom stereocenters. The van der Waals surface area contributed by atoms with Crippen molar-refractivity contribution in [3.63, 3.8) is 0 Å². The second-order valence-corrected chi connectivity index (χ2v) is 5.86. The van der Waals surface area contributed by atoms with Gasteiger partial charge in [-0.3, -0.25) is 4.98 Å². The van der Waals surface area contributed by atoms with Gasteiger partial charge in [0.25, 0.3) is 0 Å². The van der Waals surface area contributed by atoms with Gasteiger partial charge < -0.3 is 10.1 Å². The Labute approximate surface area is 129 Å². The van der Waals surface area contributed by atoms with Crippen LogP contribution in [0, 0.1) is 6.92 Å². The molecular weight excluding hydrogens is 372 g/mol. The molecule has 1 heterocycles. The standard InChI is InChI=1S/C14H14Br2N2O/c1-9-3-4-10(17-7-9)8-18-13-6-14(19-2)12(16)5-11(13)15/h3-7,18H,8H2,1-2H3. The van der Waals surface area contributed by atoms with Crippen molar-refractivity contribution in [3.8, 4) is 5.75 Å². The van der Waals surface area contributed by atoms with Crippen LogP contribution in [0.3, 0.4) is 0 Å². The summed E-state index contributed by atoms with van der Waals surface area (Å²) in [7, 11) is 1.65. The van der Waals surface area contributed by atoms with Gasteiger partial charge in [-0.1, -0.05) is 6.07 Å². The van der Waals surface area contributed by atoms with Gasteiger partial charge >= 0.3 is 0 Å². The van der Waals surface area contributed by atoms with E-state index in [4.69, 9.17) is 4.74 Å². The summed E-state index contributed by atoms with van der Waals surface area (Å²) >= 11 is 6.98. The highest BCUT2D eigenvalue weighted by atomic mass is 79.9. The Kier molecular flexibility index (Phi) is 4.82. The minimum Gasteiger partial charge on any atom is -0.495 e. The van der Waals surface area contributed by atoms with Crippen LogP contribution in [0.4, 0.5) is 5.69 Å². The zero-order valence-corrected chi connectivity index (χ0v) is 13.9. The van der Waals surface area contributed by atoms with E-state index in [-0.39, 0.29) is 0 Å². The van der Waals surface area contributed by atoms with Crippen LogP contribution in [-0.2, 0) is 6.54 Å². The lowest BCUT2D eigenvalue weighted by atomic mass is 10.2. The van der Waals surface area contributed by atoms with Crippen LogP contribution in [0.1, 0.15) is 11.3 Å². The summed E-state index contributed by atoms with van der Waals surface area (Å²) in [6.45, 7) is 2.70. The smallest absolute Gasteiger partial charge is 0.135 e. The normalized spacial score (nSPS) is 10.3. The van der Waals surface area contributed by atoms with E-state index in [1.54, 1.807) is 7.11 Å². The number of hydrogen-bond donors (Lipinski definition) is 1. The van der Waals surface area contributed by atoms with E-state index in [0.29, 0.717) is 6.54 Å². The molecule has 3 nitrogen and oxygen atoms in total. The first-order valence-electron chi connectivity index (χ1n) is 5.78. The first-order chi connectivity index (χ1) is 9.10. The monoisotopic (exact) mass is 384 g/mol. The molecular formula is C14H14Br2N2O. The molecule has 0 saturated heterocycles. The average molecular weight is 386 g/mol. The maximum Gasteiger partial charge on any atom is 0.135 e. The Bertz CT molecular complexity index is 570. The van der Waals surface area contributed by atoms with E-state index in [2.05, 4.69) is 48.2 Å². The molecule has 0 spiro atoms. The first-order valence-corrected chi connectivity index (χ1v) is 7.37. The molecule has 1 aromatic carbocycles. The van der Waals surface area contributed by atoms with Crippen LogP contribution < -0.4 is 10.1 Å². The summed E-state index contributed by atoms with van der Waals surface area (Å²) in [5, 5.41) is 3.34. The molecule has 0 atom stereocenters. The molecule has 19 heavy (non-hydrogen) atoms. The molecule has 1 aromatic heterocycles. The summed E-state index contributed by atoms with van der Waals surface area (Å²) < 4.78 is 7.18. The summed E-state index contributed by atoms with van der Waals surface area (Å²) in [6.07, 6.45) is 1.87. The van der Waals surface area contributed by atoms with E-state index in [0.717, 1.165) is 31.6 Å². The second kappa shape index (κ2) is 6.39. The van der Waals surface area contributed by atoms with Crippen LogP contribution in [0.5, 0.6) is 5.75 Å². The predicted molar refractivity (Wildman–Crippen MR) is 84.7 cm³/mol. The summed E-state index contributed by atoms with van der Waals surface area (Å²) in [5.41, 5.74) is 3.14. The lowest BCUT2D eigenvalue weighted by molar-refractivity contribution is 0.412. The van der Waals surface area contributed by atoms with Crippen molar-refractivity contribution in [3.05, 3.63) is 50.7 Å². The van der Waals surface area contributed by atoms with E-state index in [1.807, 2.05) is 31.3 Å². The number of halogens is 2. The highest BCUT2D eigenvalue weighted by Crippen LogP contribution is 2.34. The average Bonchev–Trinajstić information content (AvgIpc) is 2.40. The number of anilines is 1. The number of aromatic nitrogens is 1. The highest BCUT2D eigenvalue weighted by Gasteiger charge is 2.07. The molecule has 0 aliphatic rings. The lowest BCUT2D eigenvalue weighted by Crippen LogP contribution is -2.02. The minimum absolute atomic E-state index is 0.670. The van der Waals surface area contributed by atoms with Gasteiger partial charge in [-0.15, -0.1) is 0 Å². The third-order valence-corrected chi connectivity index (χ3v) is 3.95. The Hall–Kier alpha value is -1.07. The van der Waals surface area contributed by atoms with Crippen molar-refractivity contribution in [1.29, 1.82) is 0 Å². The molecule has 5 heteroatoms. The largest absolute Gasteiger partial charge is 0.495 e. The molecule has 2 rings (SSSR count). The Balaban J connectivity index is 2.13. The fourth-order valence-electron chi connectivity index (χ4n) is 1.61. The van der Waals surface area contributed by atoms with Crippen molar-refractivity contribution >= 4 is 37.5 Å². The van der Waals surface area contributed by atoms with Gasteiger partial charge in [-0.2, -0.15) is 0 Å². The molecule has 0 aliphatic heterocycles. The maximum atomic E-state index is 5.29. The number of ether oxygens (including phenoxy) is 1. The number of pyridine rings is 1. The molecule has 1 N–H and O–H groups in total. The minimum atomic E-state index is 0.670. The number of methoxy groups -OCH3 is 1. The first kappa shape index (κ1) is 14.3. The van der Waals surface area contributed by atoms with Crippen LogP contribution in [0.2, 0.25) is 0 Å². The van der Waals surface area contributed by atoms with E-state index >= 15 is 0 Å². The SMILES string of the molecule is COc1cc(NCc2ccc(C)cn2)c(Br)cc1Br. The molecule has 0 radical (unpaired) electrons. The van der Waals surface area contributed by atoms with Gasteiger partial charge in [-0.05, 0) is 56.5 Å². The molecule has 0 bridgehead atoms. The fourth-order valence-corrected chi connectivity index (χ4v) is 2.91. The van der Waals surface area contributed by atoms with Crippen molar-refractivity contribution in [2.75, 3.05) is 12.4 Å². The van der Waals surface area contributed by atoms with Gasteiger partial charge in [-0.25, -0.2) is 0 Å². The fraction of sp³-hybridized carbons (Fsp3) is 0.214. The molecule has 2 aromatic rings. The van der Waals surface area contributed by atoms with Crippen LogP contribution in [0.25, 0.3) is 0 Å². The van der Waals surface area contributed by atoms with Gasteiger partial charge in [0.1, 0.15) is 5.75 Å². The van der Waals surface area contributed by atoms with Crippen LogP contribution >= 0.6 is 31.9 Å². The Morgan fingerprint density at radius 2 is 2.00 bits per heavy atom. The van der Waals surface area contributed by atoms with Gasteiger partial charge in [0, 0.05) is 16.7 Å². The quantitative estimate of drug-likeness (QED) is 0.839. The molecule has 0 fully saturated rings. The van der Waals surface area contributed by atoms with E-state index < -0.39 is 0 Å². The third-order valence-electron chi connectivity index (χ3n) is 2.67. The van der Waals surface area contributed by atoms with E-state index in [1.165, 1.54) is 0 Å². The number of aryl methyl sites for hydroxylation is 1. The predicted octanol–water partition coefficient (Wildman–Crippen LogP) is 4.54. The highest BCUT2D eigenvalue weighted by molar-refractivity contribution is 9.11. The van der Waals surface area contributed by atoms with Gasteiger partial charge in [0.15, 0.2) is 0 Å². The summed E-state index contributed by atoms with van der Waals surface area (Å²) in [4.78, 5) is 4.36.